The van der Waals surface area contributed by atoms with Crippen LogP contribution in [0.15, 0.2) is 53.1 Å². The number of nitrogens with one attached hydrogen (secondary N) is 1. The number of hydrogen-bond donors (Lipinski definition) is 2. The zero-order valence-electron chi connectivity index (χ0n) is 22.9. The summed E-state index contributed by atoms with van der Waals surface area (Å²) >= 11 is 5.59. The van der Waals surface area contributed by atoms with E-state index in [0.29, 0.717) is 5.56 Å². The average molecular weight is 741 g/mol. The van der Waals surface area contributed by atoms with Crippen LogP contribution < -0.4 is 10.8 Å². The summed E-state index contributed by atoms with van der Waals surface area (Å²) in [6.45, 7) is 9.82. The van der Waals surface area contributed by atoms with Gasteiger partial charge in [0.1, 0.15) is 0 Å². The molecule has 8 nitrogen and oxygen atoms in total. The molecule has 3 aliphatic rings. The highest BCUT2D eigenvalue weighted by molar-refractivity contribution is 14.2. The number of cyclic esters (lactones) is 1. The van der Waals surface area contributed by atoms with E-state index in [0.717, 1.165) is 45.7 Å². The number of halogens is 2. The predicted octanol–water partition coefficient (Wildman–Crippen LogP) is 6.09. The van der Waals surface area contributed by atoms with E-state index >= 15 is 0 Å². The van der Waals surface area contributed by atoms with Crippen molar-refractivity contribution in [3.05, 3.63) is 64.3 Å². The Bertz CT molecular complexity index is 1460. The summed E-state index contributed by atoms with van der Waals surface area (Å²) in [6.07, 6.45) is 3.95. The Hall–Kier alpha value is -1.58. The monoisotopic (exact) mass is 740 g/mol. The number of hydrogen-bond acceptors (Lipinski definition) is 7. The number of ether oxygens (including phenoxy) is 1. The topological polar surface area (TPSA) is 99.0 Å². The van der Waals surface area contributed by atoms with Crippen molar-refractivity contribution in [2.45, 2.75) is 76.3 Å². The minimum absolute atomic E-state index is 0.317. The number of carbonyl (C=O) groups excluding carboxylic acids is 2. The van der Waals surface area contributed by atoms with Crippen molar-refractivity contribution in [3.8, 4) is 0 Å². The van der Waals surface area contributed by atoms with Crippen molar-refractivity contribution in [2.24, 2.45) is 0 Å². The number of rotatable bonds is 4. The summed E-state index contributed by atoms with van der Waals surface area (Å²) in [5.41, 5.74) is 1.10. The molecular formula is C28H31BBrIN2O6S. The van der Waals surface area contributed by atoms with Crippen molar-refractivity contribution < 1.29 is 28.7 Å². The Labute approximate surface area is 258 Å². The zero-order valence-corrected chi connectivity index (χ0v) is 27.5. The molecule has 12 heteroatoms. The third kappa shape index (κ3) is 5.24. The average Bonchev–Trinajstić information content (AvgIpc) is 3.45. The third-order valence-corrected chi connectivity index (χ3v) is 10.6. The molecule has 3 aromatic rings. The van der Waals surface area contributed by atoms with Gasteiger partial charge in [-0.3, -0.25) is 14.1 Å². The van der Waals surface area contributed by atoms with E-state index in [1.807, 2.05) is 52.6 Å². The van der Waals surface area contributed by atoms with Crippen LogP contribution in [0, 0.1) is 0 Å². The molecule has 6 rings (SSSR count). The van der Waals surface area contributed by atoms with E-state index in [9.17, 15) is 14.7 Å². The van der Waals surface area contributed by atoms with Gasteiger partial charge in [-0.15, -0.1) is 0 Å². The van der Waals surface area contributed by atoms with E-state index in [1.165, 1.54) is 9.12 Å². The molecule has 2 aromatic carbocycles. The first-order valence-electron chi connectivity index (χ1n) is 13.0. The second kappa shape index (κ2) is 10.6. The Kier molecular flexibility index (Phi) is 7.93. The first-order valence-corrected chi connectivity index (χ1v) is 17.1. The van der Waals surface area contributed by atoms with Crippen molar-refractivity contribution in [2.75, 3.05) is 0 Å². The molecule has 1 unspecified atom stereocenters. The zero-order chi connectivity index (χ0) is 29.1. The Balaban J connectivity index is 0.000000161. The predicted molar refractivity (Wildman–Crippen MR) is 169 cm³/mol. The largest absolute Gasteiger partial charge is 0.494 e. The number of benzene rings is 2. The van der Waals surface area contributed by atoms with Gasteiger partial charge in [-0.25, -0.2) is 4.79 Å². The molecule has 1 saturated carbocycles. The van der Waals surface area contributed by atoms with Gasteiger partial charge in [0.2, 0.25) is 5.60 Å². The van der Waals surface area contributed by atoms with E-state index in [4.69, 9.17) is 14.0 Å². The second-order valence-electron chi connectivity index (χ2n) is 11.6. The fourth-order valence-corrected chi connectivity index (χ4v) is 6.70. The van der Waals surface area contributed by atoms with Gasteiger partial charge in [0.05, 0.1) is 22.3 Å². The quantitative estimate of drug-likeness (QED) is 0.247. The first-order chi connectivity index (χ1) is 18.7. The number of aromatic nitrogens is 1. The smallest absolute Gasteiger partial charge is 0.428 e. The number of amides is 2. The fourth-order valence-electron chi connectivity index (χ4n) is 4.99. The van der Waals surface area contributed by atoms with Gasteiger partial charge in [0.25, 0.3) is 5.91 Å². The SMILES string of the molecule is CC1(C)OB(c2ccc(C3(O)CCC3)cc2)OC1(C)C.CC1(c2cn(SI)c3ccc(Br)cc23)OC(=O)NC1=O. The lowest BCUT2D eigenvalue weighted by atomic mass is 9.73. The molecular weight excluding hydrogens is 710 g/mol. The van der Waals surface area contributed by atoms with E-state index < -0.39 is 23.2 Å². The highest BCUT2D eigenvalue weighted by Gasteiger charge is 2.52. The lowest BCUT2D eigenvalue weighted by molar-refractivity contribution is -0.130. The molecule has 1 atom stereocenters. The normalized spacial score (nSPS) is 24.2. The minimum atomic E-state index is -1.30. The molecule has 3 heterocycles. The molecule has 40 heavy (non-hydrogen) atoms. The van der Waals surface area contributed by atoms with Gasteiger partial charge >= 0.3 is 13.2 Å². The van der Waals surface area contributed by atoms with Crippen LogP contribution in [0.4, 0.5) is 4.79 Å². The minimum Gasteiger partial charge on any atom is -0.428 e. The maximum absolute atomic E-state index is 12.0. The third-order valence-electron chi connectivity index (χ3n) is 8.42. The molecule has 0 spiro atoms. The maximum Gasteiger partial charge on any atom is 0.494 e. The molecule has 2 aliphatic heterocycles. The van der Waals surface area contributed by atoms with Crippen LogP contribution in [0.2, 0.25) is 0 Å². The van der Waals surface area contributed by atoms with E-state index in [1.54, 1.807) is 6.92 Å². The Morgan fingerprint density at radius 1 is 1.02 bits per heavy atom. The molecule has 1 aromatic heterocycles. The van der Waals surface area contributed by atoms with Crippen LogP contribution in [0.5, 0.6) is 0 Å². The maximum atomic E-state index is 12.0. The van der Waals surface area contributed by atoms with Gasteiger partial charge in [-0.05, 0) is 83.1 Å². The summed E-state index contributed by atoms with van der Waals surface area (Å²) in [5.74, 6) is -0.444. The molecule has 1 aliphatic carbocycles. The van der Waals surface area contributed by atoms with E-state index in [-0.39, 0.29) is 18.3 Å². The number of aliphatic hydroxyl groups is 1. The summed E-state index contributed by atoms with van der Waals surface area (Å²) in [4.78, 5) is 23.4. The number of fused-ring (bicyclic) bond motifs is 1. The van der Waals surface area contributed by atoms with E-state index in [2.05, 4.69) is 70.1 Å². The summed E-state index contributed by atoms with van der Waals surface area (Å²) < 4.78 is 20.1. The summed E-state index contributed by atoms with van der Waals surface area (Å²) in [6, 6.07) is 13.8. The standard InChI is InChI=1S/C16H23BO3.C12H8BrIN2O3S/c1-14(2)15(3,4)20-17(19-14)13-8-6-12(7-9-13)16(18)10-5-11-16;1-12(10(17)15-11(18)19-12)8-5-16(20-14)9-3-2-6(13)4-7(8)9/h6-9,18H,5,10-11H2,1-4H3;2-5H,1H3,(H,15,17,18). The Morgan fingerprint density at radius 2 is 1.65 bits per heavy atom. The number of imide groups is 1. The molecule has 2 saturated heterocycles. The first kappa shape index (κ1) is 29.9. The summed E-state index contributed by atoms with van der Waals surface area (Å²) in [7, 11) is 1.16. The molecule has 2 N–H and O–H groups in total. The van der Waals surface area contributed by atoms with Gasteiger partial charge < -0.3 is 19.2 Å². The van der Waals surface area contributed by atoms with Crippen molar-refractivity contribution in [3.63, 3.8) is 0 Å². The van der Waals surface area contributed by atoms with Crippen molar-refractivity contribution in [1.29, 1.82) is 0 Å². The highest BCUT2D eigenvalue weighted by Crippen LogP contribution is 2.42. The lowest BCUT2D eigenvalue weighted by Crippen LogP contribution is -2.41. The molecule has 0 bridgehead atoms. The molecule has 212 valence electrons. The van der Waals surface area contributed by atoms with Gasteiger partial charge in [0, 0.05) is 51.9 Å². The lowest BCUT2D eigenvalue weighted by Gasteiger charge is -2.37. The summed E-state index contributed by atoms with van der Waals surface area (Å²) in [5, 5.41) is 13.4. The number of alkyl carbamates (subject to hydrolysis) is 1. The van der Waals surface area contributed by atoms with Crippen LogP contribution in [0.1, 0.15) is 65.0 Å². The van der Waals surface area contributed by atoms with Gasteiger partial charge in [-0.2, -0.15) is 0 Å². The molecule has 0 radical (unpaired) electrons. The van der Waals surface area contributed by atoms with Crippen LogP contribution in [-0.4, -0.2) is 39.4 Å². The number of carbonyl (C=O) groups is 2. The van der Waals surface area contributed by atoms with Crippen LogP contribution in [0.3, 0.4) is 0 Å². The van der Waals surface area contributed by atoms with Crippen LogP contribution >= 0.6 is 46.3 Å². The van der Waals surface area contributed by atoms with Crippen LogP contribution in [-0.2, 0) is 30.0 Å². The second-order valence-corrected chi connectivity index (χ2v) is 14.2. The van der Waals surface area contributed by atoms with Gasteiger partial charge in [0.15, 0.2) is 0 Å². The van der Waals surface area contributed by atoms with Crippen molar-refractivity contribution >= 4 is 81.7 Å². The van der Waals surface area contributed by atoms with Crippen molar-refractivity contribution in [1.82, 2.24) is 9.29 Å². The highest BCUT2D eigenvalue weighted by atomic mass is 127. The number of nitrogens with zero attached hydrogens (tertiary/aromatic N) is 1. The molecule has 3 fully saturated rings. The molecule has 2 amide bonds. The van der Waals surface area contributed by atoms with Crippen LogP contribution in [0.25, 0.3) is 10.9 Å². The fraction of sp³-hybridized carbons (Fsp3) is 0.429. The Morgan fingerprint density at radius 3 is 2.15 bits per heavy atom. The van der Waals surface area contributed by atoms with Gasteiger partial charge in [-0.1, -0.05) is 40.2 Å².